The van der Waals surface area contributed by atoms with E-state index in [-0.39, 0.29) is 6.23 Å². The average molecular weight is 201 g/mol. The number of benzene rings is 1. The molecule has 1 aromatic carbocycles. The van der Waals surface area contributed by atoms with Crippen LogP contribution >= 0.6 is 0 Å². The van der Waals surface area contributed by atoms with Crippen molar-refractivity contribution < 1.29 is 9.61 Å². The van der Waals surface area contributed by atoms with Gasteiger partial charge in [0.05, 0.1) is 11.1 Å². The van der Waals surface area contributed by atoms with E-state index in [0.717, 1.165) is 4.87 Å². The van der Waals surface area contributed by atoms with Crippen molar-refractivity contribution in [1.82, 2.24) is 5.01 Å². The Morgan fingerprint density at radius 1 is 1.27 bits per heavy atom. The fourth-order valence-electron chi connectivity index (χ4n) is 1.70. The van der Waals surface area contributed by atoms with E-state index in [1.54, 1.807) is 24.4 Å². The highest BCUT2D eigenvalue weighted by Crippen LogP contribution is 2.34. The zero-order chi connectivity index (χ0) is 10.3. The van der Waals surface area contributed by atoms with Gasteiger partial charge in [-0.1, -0.05) is 23.2 Å². The van der Waals surface area contributed by atoms with E-state index < -0.39 is 0 Å². The number of nitroso groups, excluding NO2 is 1. The third-order valence-corrected chi connectivity index (χ3v) is 2.42. The lowest BCUT2D eigenvalue weighted by atomic mass is 10.2. The van der Waals surface area contributed by atoms with Gasteiger partial charge in [0.2, 0.25) is 12.0 Å². The topological polar surface area (TPSA) is 32.5 Å². The molecule has 15 heavy (non-hydrogen) atoms. The van der Waals surface area contributed by atoms with E-state index in [4.69, 9.17) is 4.74 Å². The van der Waals surface area contributed by atoms with Gasteiger partial charge in [0.1, 0.15) is 0 Å². The van der Waals surface area contributed by atoms with Gasteiger partial charge in [-0.05, 0) is 18.2 Å². The molecule has 74 valence electrons. The molecule has 1 aromatic rings. The highest BCUT2D eigenvalue weighted by Gasteiger charge is 2.39. The van der Waals surface area contributed by atoms with E-state index in [1.165, 1.54) is 5.01 Å². The number of nitrogens with zero attached hydrogens (tertiary/aromatic N) is 2. The minimum absolute atomic E-state index is 0.331. The number of fused-ring (bicyclic) bond motifs is 2. The first kappa shape index (κ1) is 8.23. The molecule has 0 bridgehead atoms. The molecule has 0 radical (unpaired) electrons. The Balaban J connectivity index is 2.11. The number of allylic oxidation sites excluding steroid dienone is 2. The molecular weight excluding hydrogens is 192 g/mol. The van der Waals surface area contributed by atoms with Crippen LogP contribution in [0.15, 0.2) is 48.7 Å². The molecule has 4 nitrogen and oxygen atoms in total. The smallest absolute Gasteiger partial charge is 0.334 e. The number of hydrogen-bond acceptors (Lipinski definition) is 2. The molecule has 4 heteroatoms. The molecule has 3 rings (SSSR count). The summed E-state index contributed by atoms with van der Waals surface area (Å²) in [5, 5.41) is 1.50. The van der Waals surface area contributed by atoms with E-state index >= 15 is 0 Å². The first-order valence-corrected chi connectivity index (χ1v) is 4.72. The van der Waals surface area contributed by atoms with Crippen LogP contribution in [0.1, 0.15) is 0 Å². The minimum atomic E-state index is -0.331. The number of rotatable bonds is 0. The Hall–Kier alpha value is -2.10. The molecule has 1 unspecified atom stereocenters. The van der Waals surface area contributed by atoms with Crippen LogP contribution in [-0.4, -0.2) is 16.1 Å². The Bertz CT molecular complexity index is 479. The lowest BCUT2D eigenvalue weighted by Crippen LogP contribution is -2.42. The van der Waals surface area contributed by atoms with Crippen LogP contribution in [-0.2, 0) is 0 Å². The predicted octanol–water partition coefficient (Wildman–Crippen LogP) is 2.12. The normalized spacial score (nSPS) is 22.0. The second-order valence-electron chi connectivity index (χ2n) is 3.36. The van der Waals surface area contributed by atoms with Gasteiger partial charge in [0, 0.05) is 6.07 Å². The van der Waals surface area contributed by atoms with Crippen LogP contribution in [0.4, 0.5) is 5.69 Å². The lowest BCUT2D eigenvalue weighted by molar-refractivity contribution is -0.648. The SMILES string of the molecule is O=[N+]1c2ccccc2OC2C=CC=CN21. The van der Waals surface area contributed by atoms with Crippen LogP contribution in [0.2, 0.25) is 0 Å². The van der Waals surface area contributed by atoms with Crippen molar-refractivity contribution >= 4 is 5.69 Å². The molecular formula is C11H9N2O2+. The average Bonchev–Trinajstić information content (AvgIpc) is 2.30. The monoisotopic (exact) mass is 201 g/mol. The summed E-state index contributed by atoms with van der Waals surface area (Å²) in [5.41, 5.74) is 0.536. The van der Waals surface area contributed by atoms with Crippen LogP contribution in [0, 0.1) is 4.91 Å². The maximum absolute atomic E-state index is 11.9. The standard InChI is InChI=1S/C11H9N2O2/c14-13-9-5-1-2-6-10(9)15-11-7-3-4-8-12(11)13/h1-8,11H/q+1. The molecule has 2 heterocycles. The first-order chi connectivity index (χ1) is 7.36. The zero-order valence-electron chi connectivity index (χ0n) is 7.91. The van der Waals surface area contributed by atoms with E-state index in [1.807, 2.05) is 24.3 Å². The summed E-state index contributed by atoms with van der Waals surface area (Å²) in [7, 11) is 0. The van der Waals surface area contributed by atoms with Crippen molar-refractivity contribution in [1.29, 1.82) is 0 Å². The van der Waals surface area contributed by atoms with Gasteiger partial charge in [-0.3, -0.25) is 0 Å². The second-order valence-corrected chi connectivity index (χ2v) is 3.36. The molecule has 1 atom stereocenters. The highest BCUT2D eigenvalue weighted by atomic mass is 16.5. The van der Waals surface area contributed by atoms with Crippen molar-refractivity contribution in [3.05, 3.63) is 53.6 Å². The molecule has 0 aliphatic carbocycles. The number of hydrogen-bond donors (Lipinski definition) is 0. The van der Waals surface area contributed by atoms with Gasteiger partial charge in [-0.15, -0.1) is 0 Å². The van der Waals surface area contributed by atoms with Gasteiger partial charge in [0.25, 0.3) is 0 Å². The van der Waals surface area contributed by atoms with Crippen molar-refractivity contribution in [2.75, 3.05) is 0 Å². The molecule has 0 saturated carbocycles. The Morgan fingerprint density at radius 2 is 2.13 bits per heavy atom. The second kappa shape index (κ2) is 2.95. The quantitative estimate of drug-likeness (QED) is 0.602. The Morgan fingerprint density at radius 3 is 3.07 bits per heavy atom. The molecule has 0 fully saturated rings. The fourth-order valence-corrected chi connectivity index (χ4v) is 1.70. The van der Waals surface area contributed by atoms with Gasteiger partial charge in [-0.25, -0.2) is 0 Å². The van der Waals surface area contributed by atoms with E-state index in [0.29, 0.717) is 11.4 Å². The summed E-state index contributed by atoms with van der Waals surface area (Å²) >= 11 is 0. The van der Waals surface area contributed by atoms with Crippen LogP contribution in [0.25, 0.3) is 0 Å². The molecule has 0 N–H and O–H groups in total. The largest absolute Gasteiger partial charge is 0.454 e. The van der Waals surface area contributed by atoms with Crippen LogP contribution in [0.3, 0.4) is 0 Å². The summed E-state index contributed by atoms with van der Waals surface area (Å²) in [6.07, 6.45) is 6.87. The van der Waals surface area contributed by atoms with Gasteiger partial charge < -0.3 is 4.74 Å². The third kappa shape index (κ3) is 1.15. The first-order valence-electron chi connectivity index (χ1n) is 4.72. The molecule has 0 amide bonds. The summed E-state index contributed by atoms with van der Waals surface area (Å²) in [6.45, 7) is 0. The fraction of sp³-hybridized carbons (Fsp3) is 0.0909. The Kier molecular flexibility index (Phi) is 1.62. The summed E-state index contributed by atoms with van der Waals surface area (Å²) < 4.78 is 5.65. The zero-order valence-corrected chi connectivity index (χ0v) is 7.91. The number of hydrazine groups is 1. The minimum Gasteiger partial charge on any atom is -0.454 e. The van der Waals surface area contributed by atoms with Crippen molar-refractivity contribution in [2.45, 2.75) is 6.23 Å². The van der Waals surface area contributed by atoms with Crippen molar-refractivity contribution in [3.63, 3.8) is 0 Å². The predicted molar refractivity (Wildman–Crippen MR) is 54.3 cm³/mol. The van der Waals surface area contributed by atoms with Crippen LogP contribution in [0.5, 0.6) is 5.75 Å². The molecule has 0 aromatic heterocycles. The summed E-state index contributed by atoms with van der Waals surface area (Å²) in [4.78, 5) is 12.8. The van der Waals surface area contributed by atoms with Gasteiger partial charge >= 0.3 is 5.69 Å². The number of ether oxygens (including phenoxy) is 1. The lowest BCUT2D eigenvalue weighted by Gasteiger charge is -2.26. The van der Waals surface area contributed by atoms with E-state index in [9.17, 15) is 4.91 Å². The van der Waals surface area contributed by atoms with Crippen molar-refractivity contribution in [3.8, 4) is 5.75 Å². The van der Waals surface area contributed by atoms with Gasteiger partial charge in [-0.2, -0.15) is 0 Å². The van der Waals surface area contributed by atoms with Gasteiger partial charge in [0.15, 0.2) is 4.87 Å². The molecule has 0 spiro atoms. The molecule has 2 aliphatic heterocycles. The van der Waals surface area contributed by atoms with E-state index in [2.05, 4.69) is 0 Å². The maximum atomic E-state index is 11.9. The maximum Gasteiger partial charge on any atom is 0.334 e. The number of para-hydroxylation sites is 2. The third-order valence-electron chi connectivity index (χ3n) is 2.42. The summed E-state index contributed by atoms with van der Waals surface area (Å²) in [6, 6.07) is 7.20. The van der Waals surface area contributed by atoms with Crippen LogP contribution < -0.4 is 4.74 Å². The highest BCUT2D eigenvalue weighted by molar-refractivity contribution is 5.46. The molecule has 2 aliphatic rings. The Labute approximate surface area is 86.6 Å². The molecule has 0 saturated heterocycles. The summed E-state index contributed by atoms with van der Waals surface area (Å²) in [5.74, 6) is 0.619. The van der Waals surface area contributed by atoms with Crippen molar-refractivity contribution in [2.24, 2.45) is 0 Å².